The summed E-state index contributed by atoms with van der Waals surface area (Å²) in [7, 11) is -4.18. The molecule has 19 heavy (non-hydrogen) atoms. The van der Waals surface area contributed by atoms with Gasteiger partial charge in [0.2, 0.25) is 5.94 Å². The molecule has 2 aromatic carbocycles. The van der Waals surface area contributed by atoms with E-state index in [1.807, 2.05) is 48.5 Å². The highest BCUT2D eigenvalue weighted by Gasteiger charge is 2.13. The Bertz CT molecular complexity index is 798. The molecule has 0 saturated carbocycles. The van der Waals surface area contributed by atoms with E-state index in [9.17, 15) is 8.42 Å². The maximum absolute atomic E-state index is 10.8. The van der Waals surface area contributed by atoms with Gasteiger partial charge < -0.3 is 4.84 Å². The first-order valence-corrected chi connectivity index (χ1v) is 7.24. The van der Waals surface area contributed by atoms with E-state index in [0.717, 1.165) is 21.8 Å². The van der Waals surface area contributed by atoms with Crippen LogP contribution >= 0.6 is 0 Å². The molecule has 0 aliphatic heterocycles. The lowest BCUT2D eigenvalue weighted by molar-refractivity contribution is 0.164. The molecule has 0 atom stereocenters. The Morgan fingerprint density at radius 3 is 1.89 bits per heavy atom. The normalized spacial score (nSPS) is 12.1. The SMILES string of the molecule is O=S(=O)(O)COn1c2ccccc2c2ccccc21. The first kappa shape index (κ1) is 12.0. The highest BCUT2D eigenvalue weighted by Crippen LogP contribution is 2.27. The van der Waals surface area contributed by atoms with Gasteiger partial charge in [0, 0.05) is 10.8 Å². The number of hydrogen-bond donors (Lipinski definition) is 1. The third kappa shape index (κ3) is 2.16. The zero-order valence-corrected chi connectivity index (χ0v) is 10.7. The predicted molar refractivity (Wildman–Crippen MR) is 72.4 cm³/mol. The van der Waals surface area contributed by atoms with Gasteiger partial charge >= 0.3 is 10.1 Å². The van der Waals surface area contributed by atoms with Crippen LogP contribution in [0, 0.1) is 0 Å². The molecule has 0 unspecified atom stereocenters. The summed E-state index contributed by atoms with van der Waals surface area (Å²) >= 11 is 0. The van der Waals surface area contributed by atoms with Crippen LogP contribution in [-0.4, -0.2) is 23.6 Å². The number of benzene rings is 2. The second kappa shape index (κ2) is 4.25. The summed E-state index contributed by atoms with van der Waals surface area (Å²) in [5.41, 5.74) is 1.51. The van der Waals surface area contributed by atoms with E-state index < -0.39 is 16.1 Å². The number of fused-ring (bicyclic) bond motifs is 3. The van der Waals surface area contributed by atoms with Crippen molar-refractivity contribution in [2.45, 2.75) is 0 Å². The molecule has 0 spiro atoms. The second-order valence-corrected chi connectivity index (χ2v) is 5.56. The van der Waals surface area contributed by atoms with Crippen LogP contribution in [0.5, 0.6) is 0 Å². The Hall–Kier alpha value is -2.05. The van der Waals surface area contributed by atoms with Crippen molar-refractivity contribution < 1.29 is 17.8 Å². The summed E-state index contributed by atoms with van der Waals surface area (Å²) in [6.45, 7) is 0. The third-order valence-corrected chi connectivity index (χ3v) is 3.27. The summed E-state index contributed by atoms with van der Waals surface area (Å²) in [5.74, 6) is -0.782. The van der Waals surface area contributed by atoms with Crippen molar-refractivity contribution in [3.05, 3.63) is 48.5 Å². The molecule has 6 heteroatoms. The van der Waals surface area contributed by atoms with Crippen molar-refractivity contribution in [2.75, 3.05) is 5.94 Å². The standard InChI is InChI=1S/C13H11NO4S/c15-19(16,17)9-18-14-12-7-3-1-5-10(12)11-6-2-4-8-13(11)14/h1-8H,9H2,(H,15,16,17). The molecule has 1 heterocycles. The van der Waals surface area contributed by atoms with E-state index in [2.05, 4.69) is 0 Å². The van der Waals surface area contributed by atoms with Crippen LogP contribution < -0.4 is 4.84 Å². The molecule has 0 fully saturated rings. The molecule has 3 rings (SSSR count). The molecular formula is C13H11NO4S. The van der Waals surface area contributed by atoms with Crippen LogP contribution in [0.1, 0.15) is 0 Å². The molecule has 0 saturated heterocycles. The highest BCUT2D eigenvalue weighted by molar-refractivity contribution is 7.85. The van der Waals surface area contributed by atoms with Gasteiger partial charge in [-0.3, -0.25) is 4.55 Å². The minimum absolute atomic E-state index is 0.757. The Morgan fingerprint density at radius 1 is 0.947 bits per heavy atom. The van der Waals surface area contributed by atoms with Gasteiger partial charge in [0.25, 0.3) is 0 Å². The molecule has 0 amide bonds. The largest absolute Gasteiger partial charge is 0.394 e. The van der Waals surface area contributed by atoms with E-state index in [-0.39, 0.29) is 0 Å². The van der Waals surface area contributed by atoms with Crippen LogP contribution in [0.25, 0.3) is 21.8 Å². The van der Waals surface area contributed by atoms with Gasteiger partial charge in [-0.2, -0.15) is 13.1 Å². The lowest BCUT2D eigenvalue weighted by Gasteiger charge is -2.07. The Balaban J connectivity index is 2.25. The Morgan fingerprint density at radius 2 is 1.42 bits per heavy atom. The average molecular weight is 277 g/mol. The van der Waals surface area contributed by atoms with Gasteiger partial charge in [0.1, 0.15) is 0 Å². The third-order valence-electron chi connectivity index (χ3n) is 2.87. The van der Waals surface area contributed by atoms with Gasteiger partial charge in [-0.1, -0.05) is 36.4 Å². The van der Waals surface area contributed by atoms with Gasteiger partial charge in [0.15, 0.2) is 0 Å². The first-order chi connectivity index (χ1) is 9.06. The number of aromatic nitrogens is 1. The van der Waals surface area contributed by atoms with Crippen LogP contribution in [0.4, 0.5) is 0 Å². The quantitative estimate of drug-likeness (QED) is 0.744. The van der Waals surface area contributed by atoms with Gasteiger partial charge in [0.05, 0.1) is 11.0 Å². The second-order valence-electron chi connectivity index (χ2n) is 4.16. The monoisotopic (exact) mass is 277 g/mol. The van der Waals surface area contributed by atoms with Crippen LogP contribution in [0.2, 0.25) is 0 Å². The number of nitrogens with zero attached hydrogens (tertiary/aromatic N) is 1. The van der Waals surface area contributed by atoms with Crippen molar-refractivity contribution in [1.29, 1.82) is 0 Å². The minimum Gasteiger partial charge on any atom is -0.394 e. The van der Waals surface area contributed by atoms with Crippen LogP contribution in [0.3, 0.4) is 0 Å². The topological polar surface area (TPSA) is 68.5 Å². The van der Waals surface area contributed by atoms with Crippen molar-refractivity contribution in [1.82, 2.24) is 4.73 Å². The summed E-state index contributed by atoms with van der Waals surface area (Å²) in [5, 5.41) is 1.93. The molecule has 3 aromatic rings. The lowest BCUT2D eigenvalue weighted by atomic mass is 10.2. The number of hydrogen-bond acceptors (Lipinski definition) is 3. The van der Waals surface area contributed by atoms with E-state index in [4.69, 9.17) is 9.39 Å². The first-order valence-electron chi connectivity index (χ1n) is 5.63. The summed E-state index contributed by atoms with van der Waals surface area (Å²) in [6, 6.07) is 15.0. The van der Waals surface area contributed by atoms with Gasteiger partial charge in [-0.25, -0.2) is 0 Å². The fourth-order valence-electron chi connectivity index (χ4n) is 2.15. The zero-order valence-electron chi connectivity index (χ0n) is 9.85. The van der Waals surface area contributed by atoms with Crippen LogP contribution in [-0.2, 0) is 10.1 Å². The van der Waals surface area contributed by atoms with E-state index in [1.54, 1.807) is 0 Å². The fourth-order valence-corrected chi connectivity index (χ4v) is 2.38. The molecule has 5 nitrogen and oxygen atoms in total. The van der Waals surface area contributed by atoms with Crippen molar-refractivity contribution >= 4 is 31.9 Å². The molecule has 0 radical (unpaired) electrons. The fraction of sp³-hybridized carbons (Fsp3) is 0.0769. The van der Waals surface area contributed by atoms with Crippen molar-refractivity contribution in [3.63, 3.8) is 0 Å². The van der Waals surface area contributed by atoms with Crippen molar-refractivity contribution in [3.8, 4) is 0 Å². The summed E-state index contributed by atoms with van der Waals surface area (Å²) < 4.78 is 31.9. The van der Waals surface area contributed by atoms with Gasteiger partial charge in [-0.05, 0) is 12.1 Å². The average Bonchev–Trinajstić information content (AvgIpc) is 2.70. The zero-order chi connectivity index (χ0) is 13.5. The minimum atomic E-state index is -4.18. The summed E-state index contributed by atoms with van der Waals surface area (Å²) in [6.07, 6.45) is 0. The molecular weight excluding hydrogens is 266 g/mol. The van der Waals surface area contributed by atoms with Crippen molar-refractivity contribution in [2.24, 2.45) is 0 Å². The predicted octanol–water partition coefficient (Wildman–Crippen LogP) is 2.07. The maximum atomic E-state index is 10.8. The maximum Gasteiger partial charge on any atom is 0.303 e. The molecule has 98 valence electrons. The van der Waals surface area contributed by atoms with Crippen LogP contribution in [0.15, 0.2) is 48.5 Å². The van der Waals surface area contributed by atoms with E-state index in [1.165, 1.54) is 4.73 Å². The highest BCUT2D eigenvalue weighted by atomic mass is 32.2. The molecule has 1 aromatic heterocycles. The Labute approximate surface area is 109 Å². The Kier molecular flexibility index (Phi) is 2.69. The molecule has 0 aliphatic rings. The van der Waals surface area contributed by atoms with Gasteiger partial charge in [-0.15, -0.1) is 0 Å². The number of rotatable bonds is 3. The molecule has 0 aliphatic carbocycles. The smallest absolute Gasteiger partial charge is 0.303 e. The molecule has 1 N–H and O–H groups in total. The van der Waals surface area contributed by atoms with E-state index >= 15 is 0 Å². The number of para-hydroxylation sites is 2. The molecule has 0 bridgehead atoms. The summed E-state index contributed by atoms with van der Waals surface area (Å²) in [4.78, 5) is 5.22. The van der Waals surface area contributed by atoms with E-state index in [0.29, 0.717) is 0 Å². The lowest BCUT2D eigenvalue weighted by Crippen LogP contribution is -2.19.